The third-order valence-electron chi connectivity index (χ3n) is 2.50. The van der Waals surface area contributed by atoms with Crippen molar-refractivity contribution in [1.29, 1.82) is 0 Å². The molecule has 4 nitrogen and oxygen atoms in total. The van der Waals surface area contributed by atoms with Gasteiger partial charge in [-0.3, -0.25) is 5.84 Å². The number of hydrazine groups is 1. The SMILES string of the molecule is NNC(C1=CCCCO1)c1ccnc(Cl)c1. The maximum absolute atomic E-state index is 5.84. The molecule has 0 saturated heterocycles. The summed E-state index contributed by atoms with van der Waals surface area (Å²) in [5.41, 5.74) is 3.69. The van der Waals surface area contributed by atoms with E-state index in [0.29, 0.717) is 5.15 Å². The Morgan fingerprint density at radius 2 is 2.44 bits per heavy atom. The van der Waals surface area contributed by atoms with Gasteiger partial charge in [0.2, 0.25) is 0 Å². The van der Waals surface area contributed by atoms with Crippen LogP contribution in [0.4, 0.5) is 0 Å². The highest BCUT2D eigenvalue weighted by Crippen LogP contribution is 2.26. The molecule has 5 heteroatoms. The van der Waals surface area contributed by atoms with E-state index in [1.54, 1.807) is 12.3 Å². The second-order valence-electron chi connectivity index (χ2n) is 3.61. The number of hydrogen-bond acceptors (Lipinski definition) is 4. The zero-order valence-corrected chi connectivity index (χ0v) is 9.57. The van der Waals surface area contributed by atoms with Crippen LogP contribution in [0.2, 0.25) is 5.15 Å². The van der Waals surface area contributed by atoms with Crippen LogP contribution in [0.5, 0.6) is 0 Å². The van der Waals surface area contributed by atoms with Gasteiger partial charge in [0.25, 0.3) is 0 Å². The molecule has 0 aliphatic carbocycles. The summed E-state index contributed by atoms with van der Waals surface area (Å²) in [6.07, 6.45) is 5.79. The third-order valence-corrected chi connectivity index (χ3v) is 2.70. The molecule has 1 atom stereocenters. The molecule has 2 rings (SSSR count). The number of halogens is 1. The van der Waals surface area contributed by atoms with Crippen LogP contribution >= 0.6 is 11.6 Å². The van der Waals surface area contributed by atoms with Gasteiger partial charge in [0.15, 0.2) is 0 Å². The predicted octanol–water partition coefficient (Wildman–Crippen LogP) is 1.93. The summed E-state index contributed by atoms with van der Waals surface area (Å²) in [4.78, 5) is 3.94. The van der Waals surface area contributed by atoms with Crippen LogP contribution in [-0.2, 0) is 4.74 Å². The number of nitrogens with two attached hydrogens (primary N) is 1. The van der Waals surface area contributed by atoms with Gasteiger partial charge in [0, 0.05) is 6.20 Å². The zero-order chi connectivity index (χ0) is 11.4. The average molecular weight is 240 g/mol. The van der Waals surface area contributed by atoms with Gasteiger partial charge in [-0.05, 0) is 36.6 Å². The lowest BCUT2D eigenvalue weighted by Crippen LogP contribution is -2.31. The minimum absolute atomic E-state index is 0.152. The van der Waals surface area contributed by atoms with E-state index in [-0.39, 0.29) is 6.04 Å². The molecule has 1 aliphatic rings. The molecule has 16 heavy (non-hydrogen) atoms. The lowest BCUT2D eigenvalue weighted by Gasteiger charge is -2.23. The first-order valence-electron chi connectivity index (χ1n) is 5.21. The highest BCUT2D eigenvalue weighted by molar-refractivity contribution is 6.29. The number of ether oxygens (including phenoxy) is 1. The van der Waals surface area contributed by atoms with E-state index in [4.69, 9.17) is 22.2 Å². The molecule has 0 amide bonds. The normalized spacial score (nSPS) is 17.5. The number of aromatic nitrogens is 1. The Morgan fingerprint density at radius 3 is 3.06 bits per heavy atom. The Bertz CT molecular complexity index is 395. The molecule has 0 spiro atoms. The van der Waals surface area contributed by atoms with Crippen molar-refractivity contribution in [2.75, 3.05) is 6.61 Å². The highest BCUT2D eigenvalue weighted by Gasteiger charge is 2.18. The van der Waals surface area contributed by atoms with Crippen molar-refractivity contribution in [2.45, 2.75) is 18.9 Å². The summed E-state index contributed by atoms with van der Waals surface area (Å²) in [6, 6.07) is 3.50. The predicted molar refractivity (Wildman–Crippen MR) is 62.6 cm³/mol. The monoisotopic (exact) mass is 239 g/mol. The highest BCUT2D eigenvalue weighted by atomic mass is 35.5. The van der Waals surface area contributed by atoms with Crippen molar-refractivity contribution in [1.82, 2.24) is 10.4 Å². The largest absolute Gasteiger partial charge is 0.496 e. The number of pyridine rings is 1. The molecule has 0 aromatic carbocycles. The van der Waals surface area contributed by atoms with Crippen molar-refractivity contribution in [2.24, 2.45) is 5.84 Å². The summed E-state index contributed by atoms with van der Waals surface area (Å²) in [6.45, 7) is 0.739. The molecule has 0 bridgehead atoms. The summed E-state index contributed by atoms with van der Waals surface area (Å²) in [7, 11) is 0. The summed E-state index contributed by atoms with van der Waals surface area (Å²) in [5.74, 6) is 6.41. The summed E-state index contributed by atoms with van der Waals surface area (Å²) >= 11 is 5.84. The van der Waals surface area contributed by atoms with Crippen molar-refractivity contribution in [3.8, 4) is 0 Å². The molecule has 1 aliphatic heterocycles. The van der Waals surface area contributed by atoms with Gasteiger partial charge < -0.3 is 4.74 Å². The van der Waals surface area contributed by atoms with Crippen LogP contribution in [0.1, 0.15) is 24.4 Å². The van der Waals surface area contributed by atoms with Gasteiger partial charge in [0.05, 0.1) is 6.61 Å². The molecule has 86 valence electrons. The number of hydrogen-bond donors (Lipinski definition) is 2. The fraction of sp³-hybridized carbons (Fsp3) is 0.364. The number of nitrogens with zero attached hydrogens (tertiary/aromatic N) is 1. The van der Waals surface area contributed by atoms with E-state index >= 15 is 0 Å². The van der Waals surface area contributed by atoms with Crippen molar-refractivity contribution in [3.05, 3.63) is 40.9 Å². The van der Waals surface area contributed by atoms with Crippen LogP contribution in [0.25, 0.3) is 0 Å². The molecular formula is C11H14ClN3O. The molecular weight excluding hydrogens is 226 g/mol. The van der Waals surface area contributed by atoms with E-state index in [1.165, 1.54) is 0 Å². The van der Waals surface area contributed by atoms with Gasteiger partial charge in [-0.1, -0.05) is 11.6 Å². The maximum Gasteiger partial charge on any atom is 0.129 e. The van der Waals surface area contributed by atoms with Gasteiger partial charge in [-0.15, -0.1) is 0 Å². The first-order valence-corrected chi connectivity index (χ1v) is 5.59. The molecule has 0 fully saturated rings. The topological polar surface area (TPSA) is 60.2 Å². The lowest BCUT2D eigenvalue weighted by molar-refractivity contribution is 0.168. The second-order valence-corrected chi connectivity index (χ2v) is 4.00. The third kappa shape index (κ3) is 2.52. The standard InChI is InChI=1S/C11H14ClN3O/c12-10-7-8(4-5-14-10)11(15-13)9-3-1-2-6-16-9/h3-5,7,11,15H,1-2,6,13H2. The van der Waals surface area contributed by atoms with Gasteiger partial charge >= 0.3 is 0 Å². The van der Waals surface area contributed by atoms with E-state index in [1.807, 2.05) is 6.07 Å². The van der Waals surface area contributed by atoms with Crippen LogP contribution in [0.15, 0.2) is 30.2 Å². The average Bonchev–Trinajstić information content (AvgIpc) is 2.31. The molecule has 1 aromatic heterocycles. The van der Waals surface area contributed by atoms with Crippen LogP contribution < -0.4 is 11.3 Å². The van der Waals surface area contributed by atoms with Gasteiger partial charge in [-0.2, -0.15) is 0 Å². The number of nitrogens with one attached hydrogen (secondary N) is 1. The number of rotatable bonds is 3. The second kappa shape index (κ2) is 5.30. The van der Waals surface area contributed by atoms with Crippen LogP contribution in [0.3, 0.4) is 0 Å². The Morgan fingerprint density at radius 1 is 1.56 bits per heavy atom. The first-order chi connectivity index (χ1) is 7.81. The van der Waals surface area contributed by atoms with E-state index in [9.17, 15) is 0 Å². The fourth-order valence-corrected chi connectivity index (χ4v) is 1.90. The van der Waals surface area contributed by atoms with Gasteiger partial charge in [0.1, 0.15) is 17.0 Å². The Balaban J connectivity index is 2.25. The molecule has 0 saturated carbocycles. The lowest BCUT2D eigenvalue weighted by atomic mass is 10.0. The smallest absolute Gasteiger partial charge is 0.129 e. The fourth-order valence-electron chi connectivity index (χ4n) is 1.72. The molecule has 2 heterocycles. The quantitative estimate of drug-likeness (QED) is 0.481. The van der Waals surface area contributed by atoms with E-state index < -0.39 is 0 Å². The Labute approximate surface area is 99.4 Å². The molecule has 1 unspecified atom stereocenters. The molecule has 1 aromatic rings. The summed E-state index contributed by atoms with van der Waals surface area (Å²) < 4.78 is 5.58. The van der Waals surface area contributed by atoms with Gasteiger partial charge in [-0.25, -0.2) is 10.4 Å². The van der Waals surface area contributed by atoms with Crippen molar-refractivity contribution < 1.29 is 4.74 Å². The van der Waals surface area contributed by atoms with Crippen molar-refractivity contribution in [3.63, 3.8) is 0 Å². The minimum atomic E-state index is -0.152. The molecule has 0 radical (unpaired) electrons. The molecule has 3 N–H and O–H groups in total. The van der Waals surface area contributed by atoms with E-state index in [0.717, 1.165) is 30.8 Å². The zero-order valence-electron chi connectivity index (χ0n) is 8.82. The Hall–Kier alpha value is -1.10. The first kappa shape index (κ1) is 11.4. The number of allylic oxidation sites excluding steroid dienone is 1. The van der Waals surface area contributed by atoms with Crippen molar-refractivity contribution >= 4 is 11.6 Å². The Kier molecular flexibility index (Phi) is 3.77. The van der Waals surface area contributed by atoms with E-state index in [2.05, 4.69) is 16.5 Å². The van der Waals surface area contributed by atoms with Crippen LogP contribution in [-0.4, -0.2) is 11.6 Å². The minimum Gasteiger partial charge on any atom is -0.496 e. The summed E-state index contributed by atoms with van der Waals surface area (Å²) in [5, 5.41) is 0.453. The van der Waals surface area contributed by atoms with Crippen LogP contribution in [0, 0.1) is 0 Å². The maximum atomic E-state index is 5.84.